The maximum Gasteiger partial charge on any atom is 0.247 e. The molecule has 1 heterocycles. The molecule has 0 aromatic heterocycles. The van der Waals surface area contributed by atoms with E-state index in [4.69, 9.17) is 9.47 Å². The van der Waals surface area contributed by atoms with Gasteiger partial charge in [0.25, 0.3) is 0 Å². The summed E-state index contributed by atoms with van der Waals surface area (Å²) < 4.78 is 10.7. The van der Waals surface area contributed by atoms with Gasteiger partial charge >= 0.3 is 0 Å². The standard InChI is InChI=1S/C20H19NO3/c22-20(11-7-15-6-10-18-19(12-15)24-14-23-18)21(17-8-9-17)13-16-4-2-1-3-5-16/h1-7,10-12,17H,8-9,13-14H2/b11-7+. The van der Waals surface area contributed by atoms with Crippen molar-refractivity contribution in [2.75, 3.05) is 6.79 Å². The van der Waals surface area contributed by atoms with E-state index in [1.165, 1.54) is 0 Å². The third-order valence-electron chi connectivity index (χ3n) is 4.28. The average Bonchev–Trinajstić information content (AvgIpc) is 3.35. The summed E-state index contributed by atoms with van der Waals surface area (Å²) >= 11 is 0. The maximum atomic E-state index is 12.6. The second-order valence-electron chi connectivity index (χ2n) is 6.13. The zero-order valence-electron chi connectivity index (χ0n) is 13.4. The van der Waals surface area contributed by atoms with Gasteiger partial charge in [-0.05, 0) is 42.2 Å². The van der Waals surface area contributed by atoms with Gasteiger partial charge in [0.15, 0.2) is 11.5 Å². The van der Waals surface area contributed by atoms with E-state index in [0.29, 0.717) is 12.6 Å². The van der Waals surface area contributed by atoms with Gasteiger partial charge in [0.1, 0.15) is 0 Å². The van der Waals surface area contributed by atoms with Crippen LogP contribution in [0.3, 0.4) is 0 Å². The molecular weight excluding hydrogens is 302 g/mol. The predicted octanol–water partition coefficient (Wildman–Crippen LogP) is 3.62. The van der Waals surface area contributed by atoms with Gasteiger partial charge in [0.05, 0.1) is 0 Å². The van der Waals surface area contributed by atoms with Crippen molar-refractivity contribution < 1.29 is 14.3 Å². The van der Waals surface area contributed by atoms with Crippen LogP contribution in [0.15, 0.2) is 54.6 Å². The predicted molar refractivity (Wildman–Crippen MR) is 91.6 cm³/mol. The van der Waals surface area contributed by atoms with Crippen LogP contribution in [0.1, 0.15) is 24.0 Å². The quantitative estimate of drug-likeness (QED) is 0.790. The molecule has 4 rings (SSSR count). The molecule has 0 bridgehead atoms. The number of carbonyl (C=O) groups is 1. The molecule has 24 heavy (non-hydrogen) atoms. The third kappa shape index (κ3) is 3.27. The molecular formula is C20H19NO3. The smallest absolute Gasteiger partial charge is 0.247 e. The maximum absolute atomic E-state index is 12.6. The Labute approximate surface area is 141 Å². The van der Waals surface area contributed by atoms with Crippen molar-refractivity contribution in [3.8, 4) is 11.5 Å². The Hall–Kier alpha value is -2.75. The molecule has 1 aliphatic carbocycles. The minimum atomic E-state index is 0.0546. The number of ether oxygens (including phenoxy) is 2. The van der Waals surface area contributed by atoms with E-state index in [1.807, 2.05) is 47.4 Å². The molecule has 4 nitrogen and oxygen atoms in total. The van der Waals surface area contributed by atoms with Crippen LogP contribution in [0.2, 0.25) is 0 Å². The summed E-state index contributed by atoms with van der Waals surface area (Å²) in [7, 11) is 0. The highest BCUT2D eigenvalue weighted by molar-refractivity contribution is 5.92. The van der Waals surface area contributed by atoms with Crippen LogP contribution in [0.5, 0.6) is 11.5 Å². The topological polar surface area (TPSA) is 38.8 Å². The Bertz CT molecular complexity index is 766. The van der Waals surface area contributed by atoms with E-state index in [0.717, 1.165) is 35.5 Å². The summed E-state index contributed by atoms with van der Waals surface area (Å²) in [6.07, 6.45) is 5.68. The Morgan fingerprint density at radius 2 is 1.88 bits per heavy atom. The fraction of sp³-hybridized carbons (Fsp3) is 0.250. The molecule has 0 saturated heterocycles. The lowest BCUT2D eigenvalue weighted by atomic mass is 10.1. The number of benzene rings is 2. The van der Waals surface area contributed by atoms with Crippen molar-refractivity contribution in [2.24, 2.45) is 0 Å². The Morgan fingerprint density at radius 3 is 2.67 bits per heavy atom. The van der Waals surface area contributed by atoms with Crippen LogP contribution in [0.4, 0.5) is 0 Å². The fourth-order valence-electron chi connectivity index (χ4n) is 2.83. The first-order valence-corrected chi connectivity index (χ1v) is 8.22. The first-order valence-electron chi connectivity index (χ1n) is 8.22. The van der Waals surface area contributed by atoms with Crippen molar-refractivity contribution in [2.45, 2.75) is 25.4 Å². The first-order chi connectivity index (χ1) is 11.8. The molecule has 1 fully saturated rings. The van der Waals surface area contributed by atoms with Crippen LogP contribution in [-0.4, -0.2) is 23.6 Å². The van der Waals surface area contributed by atoms with Gasteiger partial charge in [-0.2, -0.15) is 0 Å². The molecule has 0 N–H and O–H groups in total. The van der Waals surface area contributed by atoms with E-state index < -0.39 is 0 Å². The van der Waals surface area contributed by atoms with Gasteiger partial charge in [-0.3, -0.25) is 4.79 Å². The lowest BCUT2D eigenvalue weighted by molar-refractivity contribution is -0.127. The summed E-state index contributed by atoms with van der Waals surface area (Å²) in [4.78, 5) is 14.6. The lowest BCUT2D eigenvalue weighted by Gasteiger charge is -2.21. The molecule has 2 aromatic carbocycles. The van der Waals surface area contributed by atoms with Gasteiger partial charge in [0, 0.05) is 18.7 Å². The molecule has 2 aromatic rings. The summed E-state index contributed by atoms with van der Waals surface area (Å²) in [6.45, 7) is 0.920. The van der Waals surface area contributed by atoms with Gasteiger partial charge < -0.3 is 14.4 Å². The van der Waals surface area contributed by atoms with Gasteiger partial charge in [-0.1, -0.05) is 36.4 Å². The number of hydrogen-bond donors (Lipinski definition) is 0. The zero-order chi connectivity index (χ0) is 16.4. The minimum absolute atomic E-state index is 0.0546. The summed E-state index contributed by atoms with van der Waals surface area (Å²) in [5.41, 5.74) is 2.09. The van der Waals surface area contributed by atoms with E-state index in [1.54, 1.807) is 6.08 Å². The third-order valence-corrected chi connectivity index (χ3v) is 4.28. The monoisotopic (exact) mass is 321 g/mol. The van der Waals surface area contributed by atoms with Crippen LogP contribution in [0, 0.1) is 0 Å². The van der Waals surface area contributed by atoms with Crippen LogP contribution >= 0.6 is 0 Å². The highest BCUT2D eigenvalue weighted by Crippen LogP contribution is 2.33. The number of hydrogen-bond acceptors (Lipinski definition) is 3. The molecule has 1 amide bonds. The molecule has 0 radical (unpaired) electrons. The molecule has 1 aliphatic heterocycles. The summed E-state index contributed by atoms with van der Waals surface area (Å²) in [6, 6.07) is 16.2. The average molecular weight is 321 g/mol. The molecule has 2 aliphatic rings. The Kier molecular flexibility index (Phi) is 3.95. The minimum Gasteiger partial charge on any atom is -0.454 e. The van der Waals surface area contributed by atoms with Crippen molar-refractivity contribution in [3.63, 3.8) is 0 Å². The SMILES string of the molecule is O=C(/C=C/c1ccc2c(c1)OCO2)N(Cc1ccccc1)C1CC1. The van der Waals surface area contributed by atoms with Crippen molar-refractivity contribution >= 4 is 12.0 Å². The second kappa shape index (κ2) is 6.40. The Balaban J connectivity index is 1.47. The van der Waals surface area contributed by atoms with E-state index in [9.17, 15) is 4.79 Å². The molecule has 1 saturated carbocycles. The normalized spacial score (nSPS) is 15.7. The highest BCUT2D eigenvalue weighted by atomic mass is 16.7. The van der Waals surface area contributed by atoms with Crippen molar-refractivity contribution in [1.29, 1.82) is 0 Å². The summed E-state index contributed by atoms with van der Waals surface area (Å²) in [5.74, 6) is 1.54. The van der Waals surface area contributed by atoms with Crippen molar-refractivity contribution in [3.05, 3.63) is 65.7 Å². The van der Waals surface area contributed by atoms with Crippen LogP contribution in [0.25, 0.3) is 6.08 Å². The van der Waals surface area contributed by atoms with Crippen molar-refractivity contribution in [1.82, 2.24) is 4.90 Å². The van der Waals surface area contributed by atoms with Gasteiger partial charge in [-0.15, -0.1) is 0 Å². The molecule has 4 heteroatoms. The summed E-state index contributed by atoms with van der Waals surface area (Å²) in [5, 5.41) is 0. The number of nitrogens with zero attached hydrogens (tertiary/aromatic N) is 1. The first kappa shape index (κ1) is 14.8. The van der Waals surface area contributed by atoms with E-state index in [2.05, 4.69) is 12.1 Å². The fourth-order valence-corrected chi connectivity index (χ4v) is 2.83. The second-order valence-corrected chi connectivity index (χ2v) is 6.13. The number of carbonyl (C=O) groups excluding carboxylic acids is 1. The molecule has 0 atom stereocenters. The van der Waals surface area contributed by atoms with Crippen LogP contribution in [-0.2, 0) is 11.3 Å². The molecule has 0 spiro atoms. The molecule has 122 valence electrons. The van der Waals surface area contributed by atoms with Crippen LogP contribution < -0.4 is 9.47 Å². The Morgan fingerprint density at radius 1 is 1.08 bits per heavy atom. The van der Waals surface area contributed by atoms with E-state index in [-0.39, 0.29) is 12.7 Å². The largest absolute Gasteiger partial charge is 0.454 e. The molecule has 0 unspecified atom stereocenters. The number of amides is 1. The lowest BCUT2D eigenvalue weighted by Crippen LogP contribution is -2.31. The van der Waals surface area contributed by atoms with Gasteiger partial charge in [0.2, 0.25) is 12.7 Å². The number of fused-ring (bicyclic) bond motifs is 1. The highest BCUT2D eigenvalue weighted by Gasteiger charge is 2.31. The number of rotatable bonds is 5. The zero-order valence-corrected chi connectivity index (χ0v) is 13.4. The van der Waals surface area contributed by atoms with Gasteiger partial charge in [-0.25, -0.2) is 0 Å². The van der Waals surface area contributed by atoms with E-state index >= 15 is 0 Å².